The first kappa shape index (κ1) is 18.3. The van der Waals surface area contributed by atoms with Crippen LogP contribution in [0.2, 0.25) is 5.15 Å². The Morgan fingerprint density at radius 2 is 2.08 bits per heavy atom. The van der Waals surface area contributed by atoms with Crippen LogP contribution in [0.4, 0.5) is 11.6 Å². The van der Waals surface area contributed by atoms with Gasteiger partial charge in [-0.3, -0.25) is 10.1 Å². The molecule has 0 saturated carbocycles. The molecule has 0 aliphatic rings. The average Bonchev–Trinajstić information content (AvgIpc) is 2.57. The summed E-state index contributed by atoms with van der Waals surface area (Å²) in [6, 6.07) is 6.73. The van der Waals surface area contributed by atoms with Crippen molar-refractivity contribution in [2.45, 2.75) is 0 Å². The molecular weight excluding hydrogens is 346 g/mol. The number of ether oxygens (including phenoxy) is 1. The Bertz CT molecular complexity index is 806. The molecule has 0 aliphatic carbocycles. The molecule has 0 spiro atoms. The van der Waals surface area contributed by atoms with E-state index < -0.39 is 23.4 Å². The third kappa shape index (κ3) is 4.95. The maximum atomic E-state index is 11.5. The van der Waals surface area contributed by atoms with Crippen LogP contribution in [0, 0.1) is 20.1 Å². The summed E-state index contributed by atoms with van der Waals surface area (Å²) >= 11 is 5.81. The summed E-state index contributed by atoms with van der Waals surface area (Å²) in [6.07, 6.45) is 2.69. The van der Waals surface area contributed by atoms with Crippen LogP contribution in [0.15, 0.2) is 29.3 Å². The fourth-order valence-corrected chi connectivity index (χ4v) is 1.73. The summed E-state index contributed by atoms with van der Waals surface area (Å²) in [7, 11) is 3.28. The number of benzene rings is 1. The van der Waals surface area contributed by atoms with Crippen molar-refractivity contribution < 1.29 is 9.53 Å². The summed E-state index contributed by atoms with van der Waals surface area (Å²) in [5, 5.41) is 3.41. The lowest BCUT2D eigenvalue weighted by Gasteiger charge is -2.05. The smallest absolute Gasteiger partial charge is 0.303 e. The third-order valence-corrected chi connectivity index (χ3v) is 2.84. The molecule has 1 aromatic heterocycles. The molecule has 0 N–H and O–H groups in total. The van der Waals surface area contributed by atoms with Crippen LogP contribution >= 0.6 is 11.6 Å². The largest absolute Gasteiger partial charge is 0.490 e. The standard InChI is InChI=1S/C15H6ClN7O2/c1-25-9-4-2-3-8(7-9)5-6-20-13-11(16)21-10(12(17)22-13)14(24)23-15(18)19/h2-4,7H,1H2. The molecule has 10 heteroatoms. The number of nitrogens with zero attached hydrogens (tertiary/aromatic N) is 7. The summed E-state index contributed by atoms with van der Waals surface area (Å²) in [5.41, 5.74) is 26.6. The van der Waals surface area contributed by atoms with Crippen molar-refractivity contribution in [2.75, 3.05) is 0 Å². The van der Waals surface area contributed by atoms with Gasteiger partial charge in [-0.05, 0) is 17.7 Å². The Morgan fingerprint density at radius 3 is 2.76 bits per heavy atom. The van der Waals surface area contributed by atoms with Gasteiger partial charge in [-0.1, -0.05) is 23.7 Å². The lowest BCUT2D eigenvalue weighted by atomic mass is 10.1. The van der Waals surface area contributed by atoms with Gasteiger partial charge in [-0.25, -0.2) is 9.97 Å². The van der Waals surface area contributed by atoms with Gasteiger partial charge in [0.2, 0.25) is 5.82 Å². The topological polar surface area (TPSA) is 145 Å². The van der Waals surface area contributed by atoms with Crippen LogP contribution in [-0.2, 0) is 0 Å². The molecule has 1 aromatic carbocycles. The van der Waals surface area contributed by atoms with Gasteiger partial charge < -0.3 is 4.74 Å². The number of aliphatic imine (C=N–C) groups is 1. The summed E-state index contributed by atoms with van der Waals surface area (Å²) < 4.78 is 4.81. The van der Waals surface area contributed by atoms with Crippen molar-refractivity contribution in [3.63, 3.8) is 0 Å². The van der Waals surface area contributed by atoms with E-state index in [1.807, 2.05) is 0 Å². The predicted molar refractivity (Wildman–Crippen MR) is 84.7 cm³/mol. The molecular formula is C15H6ClN7O2. The van der Waals surface area contributed by atoms with Gasteiger partial charge in [0.1, 0.15) is 19.4 Å². The summed E-state index contributed by atoms with van der Waals surface area (Å²) in [6.45, 7) is 2.43. The number of rotatable bonds is 6. The van der Waals surface area contributed by atoms with Crippen LogP contribution < -0.4 is 27.3 Å². The van der Waals surface area contributed by atoms with E-state index in [9.17, 15) is 10.5 Å². The monoisotopic (exact) mass is 351 g/mol. The molecule has 1 heterocycles. The highest BCUT2D eigenvalue weighted by Gasteiger charge is 2.19. The van der Waals surface area contributed by atoms with Crippen molar-refractivity contribution in [1.82, 2.24) is 32.5 Å². The second-order valence-electron chi connectivity index (χ2n) is 4.25. The Kier molecular flexibility index (Phi) is 5.96. The highest BCUT2D eigenvalue weighted by Crippen LogP contribution is 2.23. The van der Waals surface area contributed by atoms with E-state index in [0.29, 0.717) is 11.3 Å². The maximum Gasteiger partial charge on any atom is 0.303 e. The highest BCUT2D eigenvalue weighted by atomic mass is 35.5. The van der Waals surface area contributed by atoms with Crippen LogP contribution in [0.5, 0.6) is 5.75 Å². The highest BCUT2D eigenvalue weighted by molar-refractivity contribution is 6.31. The van der Waals surface area contributed by atoms with Crippen LogP contribution in [-0.4, -0.2) is 21.8 Å². The lowest BCUT2D eigenvalue weighted by molar-refractivity contribution is 0.0998. The van der Waals surface area contributed by atoms with E-state index in [0.717, 1.165) is 0 Å². The van der Waals surface area contributed by atoms with E-state index in [1.165, 1.54) is 0 Å². The lowest BCUT2D eigenvalue weighted by Crippen LogP contribution is -2.10. The second-order valence-corrected chi connectivity index (χ2v) is 4.61. The molecule has 0 saturated heterocycles. The van der Waals surface area contributed by atoms with Gasteiger partial charge >= 0.3 is 5.91 Å². The summed E-state index contributed by atoms with van der Waals surface area (Å²) in [4.78, 5) is 21.4. The van der Waals surface area contributed by atoms with Crippen LogP contribution in [0.1, 0.15) is 16.1 Å². The zero-order valence-corrected chi connectivity index (χ0v) is 13.1. The number of aromatic nitrogens is 2. The van der Waals surface area contributed by atoms with Gasteiger partial charge in [-0.2, -0.15) is 4.99 Å². The number of carbonyl (C=O) groups excluding carboxylic acids is 1. The van der Waals surface area contributed by atoms with E-state index in [4.69, 9.17) is 27.8 Å². The Morgan fingerprint density at radius 1 is 1.32 bits per heavy atom. The van der Waals surface area contributed by atoms with Crippen LogP contribution in [0.3, 0.4) is 0 Å². The van der Waals surface area contributed by atoms with E-state index >= 15 is 0 Å². The zero-order chi connectivity index (χ0) is 18.4. The minimum absolute atomic E-state index is 0.232. The number of amides is 1. The first-order valence-electron chi connectivity index (χ1n) is 6.42. The minimum atomic E-state index is -1.49. The predicted octanol–water partition coefficient (Wildman–Crippen LogP) is 1.04. The number of carbonyl (C=O) groups is 1. The molecule has 0 atom stereocenters. The Balaban J connectivity index is 2.06. The van der Waals surface area contributed by atoms with Gasteiger partial charge in [-0.15, -0.1) is 17.2 Å². The van der Waals surface area contributed by atoms with E-state index in [2.05, 4.69) is 40.4 Å². The van der Waals surface area contributed by atoms with Crippen LogP contribution in [0.25, 0.3) is 0 Å². The Labute approximate surface area is 149 Å². The van der Waals surface area contributed by atoms with E-state index in [1.54, 1.807) is 24.3 Å². The van der Waals surface area contributed by atoms with Gasteiger partial charge in [0.25, 0.3) is 5.96 Å². The number of halogens is 1. The van der Waals surface area contributed by atoms with Crippen molar-refractivity contribution in [2.24, 2.45) is 4.99 Å². The van der Waals surface area contributed by atoms with Crippen molar-refractivity contribution in [1.29, 1.82) is 0 Å². The van der Waals surface area contributed by atoms with Crippen molar-refractivity contribution in [3.05, 3.63) is 60.8 Å². The normalized spacial score (nSPS) is 10.2. The number of guanidine groups is 1. The first-order chi connectivity index (χ1) is 11.9. The van der Waals surface area contributed by atoms with Gasteiger partial charge in [0.05, 0.1) is 6.42 Å². The molecule has 0 bridgehead atoms. The van der Waals surface area contributed by atoms with Gasteiger partial charge in [0.15, 0.2) is 16.7 Å². The SMILES string of the molecule is [CH2]Oc1cccc([C][C][N]c2nc([N])c(C(=O)N=C([N])[N])nc2Cl)c1. The fraction of sp³-hybridized carbons (Fsp3) is 0. The third-order valence-electron chi connectivity index (χ3n) is 2.58. The number of hydrogen-bond acceptors (Lipinski definition) is 4. The molecule has 9 nitrogen and oxygen atoms in total. The zero-order valence-electron chi connectivity index (χ0n) is 12.3. The summed E-state index contributed by atoms with van der Waals surface area (Å²) in [5.74, 6) is -3.29. The molecule has 25 heavy (non-hydrogen) atoms. The van der Waals surface area contributed by atoms with Gasteiger partial charge in [0, 0.05) is 0 Å². The average molecular weight is 352 g/mol. The quantitative estimate of drug-likeness (QED) is 0.565. The minimum Gasteiger partial charge on any atom is -0.490 e. The Hall–Kier alpha value is -3.07. The molecule has 0 unspecified atom stereocenters. The van der Waals surface area contributed by atoms with E-state index in [-0.39, 0.29) is 11.0 Å². The molecule has 12 radical (unpaired) electrons. The molecule has 0 aliphatic heterocycles. The molecule has 1 amide bonds. The fourth-order valence-electron chi connectivity index (χ4n) is 1.57. The molecule has 120 valence electrons. The molecule has 2 aromatic rings. The number of hydrogen-bond donors (Lipinski definition) is 0. The maximum absolute atomic E-state index is 11.5. The second kappa shape index (κ2) is 8.15. The van der Waals surface area contributed by atoms with Crippen molar-refractivity contribution >= 4 is 35.1 Å². The molecule has 0 fully saturated rings. The molecule has 2 rings (SSSR count). The van der Waals surface area contributed by atoms with Crippen molar-refractivity contribution in [3.8, 4) is 5.75 Å². The first-order valence-corrected chi connectivity index (χ1v) is 6.79.